The highest BCUT2D eigenvalue weighted by Crippen LogP contribution is 2.18. The minimum atomic E-state index is -0.359. The highest BCUT2D eigenvalue weighted by Gasteiger charge is 2.25. The molecule has 2 fully saturated rings. The molecule has 18 heavy (non-hydrogen) atoms. The SMILES string of the molecule is CNC1CCN(CC(=O)NC(=O)NC2CC2)C1.Cl. The normalized spacial score (nSPS) is 23.3. The van der Waals surface area contributed by atoms with Crippen LogP contribution < -0.4 is 16.0 Å². The first-order valence-electron chi connectivity index (χ1n) is 6.17. The van der Waals surface area contributed by atoms with Crippen LogP contribution in [-0.2, 0) is 4.79 Å². The number of amides is 3. The van der Waals surface area contributed by atoms with Gasteiger partial charge in [-0.05, 0) is 26.3 Å². The molecule has 1 unspecified atom stereocenters. The topological polar surface area (TPSA) is 73.5 Å². The monoisotopic (exact) mass is 276 g/mol. The zero-order valence-electron chi connectivity index (χ0n) is 10.6. The Bertz CT molecular complexity index is 309. The summed E-state index contributed by atoms with van der Waals surface area (Å²) >= 11 is 0. The lowest BCUT2D eigenvalue weighted by molar-refractivity contribution is -0.120. The molecule has 1 saturated heterocycles. The summed E-state index contributed by atoms with van der Waals surface area (Å²) < 4.78 is 0. The van der Waals surface area contributed by atoms with Crippen LogP contribution in [0.3, 0.4) is 0 Å². The van der Waals surface area contributed by atoms with Gasteiger partial charge in [-0.1, -0.05) is 0 Å². The first-order valence-corrected chi connectivity index (χ1v) is 6.17. The summed E-state index contributed by atoms with van der Waals surface area (Å²) in [7, 11) is 1.93. The zero-order chi connectivity index (χ0) is 12.3. The lowest BCUT2D eigenvalue weighted by Gasteiger charge is -2.15. The van der Waals surface area contributed by atoms with Crippen molar-refractivity contribution in [2.24, 2.45) is 0 Å². The van der Waals surface area contributed by atoms with Gasteiger partial charge in [-0.15, -0.1) is 12.4 Å². The fraction of sp³-hybridized carbons (Fsp3) is 0.818. The van der Waals surface area contributed by atoms with Crippen LogP contribution in [0.2, 0.25) is 0 Å². The fourth-order valence-electron chi connectivity index (χ4n) is 2.03. The first kappa shape index (κ1) is 15.2. The Balaban J connectivity index is 0.00000162. The number of carbonyl (C=O) groups excluding carboxylic acids is 2. The molecule has 3 amide bonds. The number of likely N-dealkylation sites (N-methyl/N-ethyl adjacent to an activating group) is 1. The van der Waals surface area contributed by atoms with Crippen LogP contribution in [0.1, 0.15) is 19.3 Å². The van der Waals surface area contributed by atoms with E-state index in [4.69, 9.17) is 0 Å². The minimum absolute atomic E-state index is 0. The summed E-state index contributed by atoms with van der Waals surface area (Å²) in [4.78, 5) is 25.0. The Morgan fingerprint density at radius 2 is 1.94 bits per heavy atom. The number of hydrogen-bond acceptors (Lipinski definition) is 4. The summed E-state index contributed by atoms with van der Waals surface area (Å²) in [6.45, 7) is 2.08. The maximum atomic E-state index is 11.6. The molecule has 1 aliphatic carbocycles. The number of halogens is 1. The number of carbonyl (C=O) groups is 2. The average Bonchev–Trinajstić information content (AvgIpc) is 2.95. The van der Waals surface area contributed by atoms with Crippen LogP contribution in [-0.4, -0.2) is 55.6 Å². The van der Waals surface area contributed by atoms with Crippen LogP contribution in [0.5, 0.6) is 0 Å². The molecule has 0 bridgehead atoms. The molecule has 2 aliphatic rings. The minimum Gasteiger partial charge on any atom is -0.335 e. The second kappa shape index (κ2) is 6.92. The number of nitrogens with zero attached hydrogens (tertiary/aromatic N) is 1. The number of rotatable bonds is 4. The molecule has 2 rings (SSSR count). The molecule has 104 valence electrons. The van der Waals surface area contributed by atoms with E-state index in [0.717, 1.165) is 32.4 Å². The standard InChI is InChI=1S/C11H20N4O2.ClH/c1-12-9-4-5-15(6-9)7-10(16)14-11(17)13-8-2-3-8;/h8-9,12H,2-7H2,1H3,(H2,13,14,16,17);1H. The van der Waals surface area contributed by atoms with Gasteiger partial charge in [-0.2, -0.15) is 0 Å². The number of imide groups is 1. The molecule has 0 spiro atoms. The molecule has 0 radical (unpaired) electrons. The molecule has 0 aromatic heterocycles. The summed E-state index contributed by atoms with van der Waals surface area (Å²) in [6, 6.07) is 0.383. The van der Waals surface area contributed by atoms with Crippen molar-refractivity contribution in [3.63, 3.8) is 0 Å². The molecule has 1 atom stereocenters. The smallest absolute Gasteiger partial charge is 0.321 e. The first-order chi connectivity index (χ1) is 8.17. The maximum Gasteiger partial charge on any atom is 0.321 e. The van der Waals surface area contributed by atoms with Crippen molar-refractivity contribution in [3.8, 4) is 0 Å². The van der Waals surface area contributed by atoms with Gasteiger partial charge in [-0.25, -0.2) is 4.79 Å². The van der Waals surface area contributed by atoms with E-state index in [-0.39, 0.29) is 30.4 Å². The number of likely N-dealkylation sites (tertiary alicyclic amines) is 1. The molecular formula is C11H21ClN4O2. The van der Waals surface area contributed by atoms with Crippen molar-refractivity contribution in [2.75, 3.05) is 26.7 Å². The van der Waals surface area contributed by atoms with E-state index < -0.39 is 0 Å². The third-order valence-electron chi connectivity index (χ3n) is 3.21. The Morgan fingerprint density at radius 1 is 1.22 bits per heavy atom. The van der Waals surface area contributed by atoms with E-state index in [1.807, 2.05) is 7.05 Å². The van der Waals surface area contributed by atoms with Crippen LogP contribution in [0.25, 0.3) is 0 Å². The van der Waals surface area contributed by atoms with Gasteiger partial charge in [0.25, 0.3) is 0 Å². The Hall–Kier alpha value is -0.850. The van der Waals surface area contributed by atoms with Gasteiger partial charge in [0.15, 0.2) is 0 Å². The molecule has 6 nitrogen and oxygen atoms in total. The lowest BCUT2D eigenvalue weighted by Crippen LogP contribution is -2.45. The maximum absolute atomic E-state index is 11.6. The predicted octanol–water partition coefficient (Wildman–Crippen LogP) is -0.310. The van der Waals surface area contributed by atoms with Gasteiger partial charge in [0, 0.05) is 25.2 Å². The molecule has 1 saturated carbocycles. The van der Waals surface area contributed by atoms with Gasteiger partial charge in [-0.3, -0.25) is 15.0 Å². The largest absolute Gasteiger partial charge is 0.335 e. The zero-order valence-corrected chi connectivity index (χ0v) is 11.4. The van der Waals surface area contributed by atoms with Crippen LogP contribution in [0.15, 0.2) is 0 Å². The van der Waals surface area contributed by atoms with Crippen molar-refractivity contribution in [1.82, 2.24) is 20.9 Å². The Kier molecular flexibility index (Phi) is 5.84. The van der Waals surface area contributed by atoms with E-state index in [2.05, 4.69) is 20.9 Å². The van der Waals surface area contributed by atoms with E-state index >= 15 is 0 Å². The molecule has 1 heterocycles. The van der Waals surface area contributed by atoms with E-state index in [0.29, 0.717) is 12.6 Å². The van der Waals surface area contributed by atoms with Gasteiger partial charge in [0.1, 0.15) is 0 Å². The third-order valence-corrected chi connectivity index (χ3v) is 3.21. The lowest BCUT2D eigenvalue weighted by atomic mass is 10.3. The molecule has 1 aliphatic heterocycles. The van der Waals surface area contributed by atoms with E-state index in [1.54, 1.807) is 0 Å². The molecule has 0 aromatic rings. The molecular weight excluding hydrogens is 256 g/mol. The average molecular weight is 277 g/mol. The van der Waals surface area contributed by atoms with Gasteiger partial charge in [0.2, 0.25) is 5.91 Å². The van der Waals surface area contributed by atoms with Gasteiger partial charge in [0.05, 0.1) is 6.54 Å². The van der Waals surface area contributed by atoms with Crippen LogP contribution in [0.4, 0.5) is 4.79 Å². The van der Waals surface area contributed by atoms with Crippen molar-refractivity contribution in [1.29, 1.82) is 0 Å². The van der Waals surface area contributed by atoms with Crippen LogP contribution >= 0.6 is 12.4 Å². The predicted molar refractivity (Wildman–Crippen MR) is 70.8 cm³/mol. The quantitative estimate of drug-likeness (QED) is 0.659. The summed E-state index contributed by atoms with van der Waals surface area (Å²) in [5.41, 5.74) is 0. The Morgan fingerprint density at radius 3 is 2.50 bits per heavy atom. The fourth-order valence-corrected chi connectivity index (χ4v) is 2.03. The van der Waals surface area contributed by atoms with E-state index in [1.165, 1.54) is 0 Å². The van der Waals surface area contributed by atoms with Gasteiger partial charge >= 0.3 is 6.03 Å². The second-order valence-corrected chi connectivity index (χ2v) is 4.81. The summed E-state index contributed by atoms with van der Waals surface area (Å²) in [5, 5.41) is 8.28. The molecule has 0 aromatic carbocycles. The number of nitrogens with one attached hydrogen (secondary N) is 3. The summed E-state index contributed by atoms with van der Waals surface area (Å²) in [5.74, 6) is -0.222. The highest BCUT2D eigenvalue weighted by atomic mass is 35.5. The van der Waals surface area contributed by atoms with Crippen molar-refractivity contribution in [2.45, 2.75) is 31.3 Å². The molecule has 7 heteroatoms. The third kappa shape index (κ3) is 4.80. The summed E-state index contributed by atoms with van der Waals surface area (Å²) in [6.07, 6.45) is 3.10. The van der Waals surface area contributed by atoms with Crippen molar-refractivity contribution in [3.05, 3.63) is 0 Å². The molecule has 3 N–H and O–H groups in total. The van der Waals surface area contributed by atoms with Crippen molar-refractivity contribution >= 4 is 24.3 Å². The second-order valence-electron chi connectivity index (χ2n) is 4.81. The van der Waals surface area contributed by atoms with E-state index in [9.17, 15) is 9.59 Å². The van der Waals surface area contributed by atoms with Crippen LogP contribution in [0, 0.1) is 0 Å². The van der Waals surface area contributed by atoms with Crippen molar-refractivity contribution < 1.29 is 9.59 Å². The highest BCUT2D eigenvalue weighted by molar-refractivity contribution is 5.95. The van der Waals surface area contributed by atoms with Gasteiger partial charge < -0.3 is 10.6 Å². The number of hydrogen-bond donors (Lipinski definition) is 3. The Labute approximate surface area is 113 Å². The number of urea groups is 1.